The van der Waals surface area contributed by atoms with Gasteiger partial charge in [-0.2, -0.15) is 12.2 Å². The van der Waals surface area contributed by atoms with Gasteiger partial charge in [-0.3, -0.25) is 12.2 Å². The summed E-state index contributed by atoms with van der Waals surface area (Å²) in [5.41, 5.74) is 2.54. The molecule has 112 valence electrons. The van der Waals surface area contributed by atoms with E-state index in [0.717, 1.165) is 0 Å². The van der Waals surface area contributed by atoms with Crippen molar-refractivity contribution >= 4 is 31.0 Å². The van der Waals surface area contributed by atoms with Crippen LogP contribution in [0.5, 0.6) is 0 Å². The Hall–Kier alpha value is 0.471. The molecule has 0 amide bonds. The fraction of sp³-hybridized carbons (Fsp3) is 0.500. The van der Waals surface area contributed by atoms with E-state index < -0.39 is 0 Å². The molecule has 0 heterocycles. The summed E-state index contributed by atoms with van der Waals surface area (Å²) in [4.78, 5) is 0. The molecule has 2 aliphatic rings. The normalized spacial score (nSPS) is 21.2. The zero-order chi connectivity index (χ0) is 14.1. The quantitative estimate of drug-likeness (QED) is 0.392. The summed E-state index contributed by atoms with van der Waals surface area (Å²) >= 11 is 2.27. The Morgan fingerprint density at radius 2 is 1.15 bits per heavy atom. The second-order valence-electron chi connectivity index (χ2n) is 4.95. The van der Waals surface area contributed by atoms with E-state index in [0.29, 0.717) is 11.8 Å². The summed E-state index contributed by atoms with van der Waals surface area (Å²) < 4.78 is 0. The molecule has 2 atom stereocenters. The molecule has 0 aromatic carbocycles. The Bertz CT molecular complexity index is 359. The zero-order valence-corrected chi connectivity index (χ0v) is 17.5. The maximum atomic E-state index is 3.22. The molecular weight excluding hydrogens is 339 g/mol. The van der Waals surface area contributed by atoms with Crippen molar-refractivity contribution in [2.75, 3.05) is 0 Å². The Morgan fingerprint density at radius 1 is 0.900 bits per heavy atom. The Kier molecular flexibility index (Phi) is 18.3. The number of allylic oxidation sites excluding steroid dienone is 8. The van der Waals surface area contributed by atoms with Gasteiger partial charge in [0.15, 0.2) is 0 Å². The van der Waals surface area contributed by atoms with Crippen LogP contribution < -0.4 is 0 Å². The van der Waals surface area contributed by atoms with Crippen LogP contribution in [0, 0.1) is 24.0 Å². The summed E-state index contributed by atoms with van der Waals surface area (Å²) in [6, 6.07) is 0. The second-order valence-corrected chi connectivity index (χ2v) is 11.6. The van der Waals surface area contributed by atoms with E-state index in [-0.39, 0.29) is 31.0 Å². The monoisotopic (exact) mass is 364 g/mol. The van der Waals surface area contributed by atoms with E-state index in [1.165, 1.54) is 11.1 Å². The van der Waals surface area contributed by atoms with Gasteiger partial charge < -0.3 is 0 Å². The van der Waals surface area contributed by atoms with E-state index in [2.05, 4.69) is 96.4 Å². The van der Waals surface area contributed by atoms with Crippen molar-refractivity contribution in [1.29, 1.82) is 0 Å². The van der Waals surface area contributed by atoms with Gasteiger partial charge in [0, 0.05) is 0 Å². The fourth-order valence-electron chi connectivity index (χ4n) is 1.49. The van der Waals surface area contributed by atoms with Gasteiger partial charge in [-0.25, -0.2) is 23.3 Å². The first-order valence-electron chi connectivity index (χ1n) is 6.39. The molecule has 0 aromatic rings. The van der Waals surface area contributed by atoms with Crippen molar-refractivity contribution in [2.24, 2.45) is 11.8 Å². The van der Waals surface area contributed by atoms with Gasteiger partial charge in [0.25, 0.3) is 0 Å². The SMILES string of the molecule is CC1=[C-]C(C)C=C1.CC1=[C-]C(C)C=C1.C[Si](C)=[Ti+2].Cl.Cl. The molecule has 0 fully saturated rings. The molecule has 0 N–H and O–H groups in total. The van der Waals surface area contributed by atoms with Crippen LogP contribution in [0.4, 0.5) is 0 Å². The molecule has 0 bridgehead atoms. The van der Waals surface area contributed by atoms with E-state index in [4.69, 9.17) is 0 Å². The molecule has 0 saturated carbocycles. The van der Waals surface area contributed by atoms with E-state index in [9.17, 15) is 0 Å². The largest absolute Gasteiger partial charge is 0.147 e. The van der Waals surface area contributed by atoms with Gasteiger partial charge in [0.2, 0.25) is 0 Å². The summed E-state index contributed by atoms with van der Waals surface area (Å²) in [6.45, 7) is 12.9. The summed E-state index contributed by atoms with van der Waals surface area (Å²) in [5, 5.41) is 0. The molecule has 0 spiro atoms. The van der Waals surface area contributed by atoms with E-state index in [1.54, 1.807) is 0 Å². The third-order valence-electron chi connectivity index (χ3n) is 2.18. The molecule has 2 unspecified atom stereocenters. The van der Waals surface area contributed by atoms with Crippen LogP contribution >= 0.6 is 24.8 Å². The predicted molar refractivity (Wildman–Crippen MR) is 93.4 cm³/mol. The van der Waals surface area contributed by atoms with E-state index >= 15 is 0 Å². The minimum atomic E-state index is 0. The summed E-state index contributed by atoms with van der Waals surface area (Å²) in [7, 11) is 0. The molecule has 4 heteroatoms. The molecule has 0 saturated heterocycles. The van der Waals surface area contributed by atoms with Crippen LogP contribution in [0.2, 0.25) is 13.1 Å². The van der Waals surface area contributed by atoms with Gasteiger partial charge in [-0.15, -0.1) is 24.8 Å². The predicted octanol–water partition coefficient (Wildman–Crippen LogP) is 5.51. The van der Waals surface area contributed by atoms with Gasteiger partial charge in [-0.05, 0) is 0 Å². The molecule has 2 aliphatic carbocycles. The van der Waals surface area contributed by atoms with Gasteiger partial charge in [-0.1, -0.05) is 39.5 Å². The molecular formula is C16H26Cl2SiTi. The first-order chi connectivity index (χ1) is 8.31. The minimum absolute atomic E-state index is 0. The fourth-order valence-corrected chi connectivity index (χ4v) is 1.49. The standard InChI is InChI=1S/2C7H9.C2H6Si.2ClH.Ti/c2*1-6-3-4-7(2)5-6;1-3-2;;;/h2*3-4,6H,1-2H3;1-2H3;2*1H;/q2*-1;;;;+2. The van der Waals surface area contributed by atoms with Crippen LogP contribution in [0.1, 0.15) is 27.7 Å². The van der Waals surface area contributed by atoms with Crippen molar-refractivity contribution in [1.82, 2.24) is 0 Å². The first-order valence-corrected chi connectivity index (χ1v) is 11.2. The van der Waals surface area contributed by atoms with Crippen molar-refractivity contribution in [3.63, 3.8) is 0 Å². The van der Waals surface area contributed by atoms with Crippen LogP contribution in [0.15, 0.2) is 35.5 Å². The average Bonchev–Trinajstić information content (AvgIpc) is 2.76. The summed E-state index contributed by atoms with van der Waals surface area (Å²) in [5.74, 6) is 1.11. The minimum Gasteiger partial charge on any atom is -0.147 e. The smallest absolute Gasteiger partial charge is 0.147 e. The zero-order valence-electron chi connectivity index (χ0n) is 13.3. The number of halogens is 2. The van der Waals surface area contributed by atoms with Gasteiger partial charge >= 0.3 is 38.5 Å². The average molecular weight is 365 g/mol. The van der Waals surface area contributed by atoms with Crippen LogP contribution in [-0.2, 0) is 19.2 Å². The molecule has 0 aliphatic heterocycles. The summed E-state index contributed by atoms with van der Waals surface area (Å²) in [6.07, 6.45) is 15.1. The Labute approximate surface area is 149 Å². The van der Waals surface area contributed by atoms with E-state index in [1.807, 2.05) is 0 Å². The Morgan fingerprint density at radius 3 is 1.20 bits per heavy atom. The van der Waals surface area contributed by atoms with Crippen molar-refractivity contribution < 1.29 is 19.2 Å². The molecule has 20 heavy (non-hydrogen) atoms. The number of hydrogen-bond donors (Lipinski definition) is 0. The van der Waals surface area contributed by atoms with Crippen molar-refractivity contribution in [3.05, 3.63) is 47.6 Å². The molecule has 0 aromatic heterocycles. The molecule has 0 radical (unpaired) electrons. The van der Waals surface area contributed by atoms with Crippen molar-refractivity contribution in [3.8, 4) is 0 Å². The molecule has 0 nitrogen and oxygen atoms in total. The second kappa shape index (κ2) is 14.4. The van der Waals surface area contributed by atoms with Crippen LogP contribution in [0.25, 0.3) is 0 Å². The van der Waals surface area contributed by atoms with Gasteiger partial charge in [0.05, 0.1) is 0 Å². The van der Waals surface area contributed by atoms with Crippen molar-refractivity contribution in [2.45, 2.75) is 40.8 Å². The number of rotatable bonds is 0. The topological polar surface area (TPSA) is 0 Å². The maximum absolute atomic E-state index is 3.22. The first kappa shape index (κ1) is 25.4. The number of hydrogen-bond acceptors (Lipinski definition) is 0. The molecule has 2 rings (SSSR count). The maximum Gasteiger partial charge on any atom is -0.147 e. The third-order valence-corrected chi connectivity index (χ3v) is 2.18. The Balaban J connectivity index is -0.000000215. The van der Waals surface area contributed by atoms with Gasteiger partial charge in [0.1, 0.15) is 0 Å². The third kappa shape index (κ3) is 16.5. The van der Waals surface area contributed by atoms with Crippen LogP contribution in [0.3, 0.4) is 0 Å². The van der Waals surface area contributed by atoms with Crippen LogP contribution in [-0.4, -0.2) is 6.19 Å².